The number of rotatable bonds is 4. The average Bonchev–Trinajstić information content (AvgIpc) is 2.99. The molecule has 0 radical (unpaired) electrons. The van der Waals surface area contributed by atoms with Crippen LogP contribution in [0, 0.1) is 5.92 Å². The monoisotopic (exact) mass is 327 g/mol. The number of H-pyrrole nitrogens is 1. The number of hydrogen-bond acceptors (Lipinski definition) is 4. The van der Waals surface area contributed by atoms with Gasteiger partial charge in [0.2, 0.25) is 17.2 Å². The Balaban J connectivity index is 1.73. The van der Waals surface area contributed by atoms with Crippen LogP contribution in [0.15, 0.2) is 47.5 Å². The third-order valence-electron chi connectivity index (χ3n) is 3.94. The molecule has 1 aliphatic heterocycles. The quantitative estimate of drug-likeness (QED) is 0.887. The summed E-state index contributed by atoms with van der Waals surface area (Å²) in [5.41, 5.74) is 0.582. The molecule has 2 amide bonds. The number of methoxy groups -OCH3 is 1. The van der Waals surface area contributed by atoms with Crippen molar-refractivity contribution < 1.29 is 14.3 Å². The van der Waals surface area contributed by atoms with E-state index in [4.69, 9.17) is 4.74 Å². The average molecular weight is 327 g/mol. The van der Waals surface area contributed by atoms with Gasteiger partial charge in [-0.2, -0.15) is 0 Å². The van der Waals surface area contributed by atoms with Gasteiger partial charge >= 0.3 is 0 Å². The first kappa shape index (κ1) is 15.8. The molecule has 124 valence electrons. The van der Waals surface area contributed by atoms with Crippen LogP contribution in [0.5, 0.6) is 5.75 Å². The van der Waals surface area contributed by atoms with E-state index in [1.54, 1.807) is 36.3 Å². The van der Waals surface area contributed by atoms with E-state index in [9.17, 15) is 14.4 Å². The Kier molecular flexibility index (Phi) is 4.33. The molecule has 1 aliphatic rings. The largest absolute Gasteiger partial charge is 0.497 e. The molecule has 0 aliphatic carbocycles. The fourth-order valence-corrected chi connectivity index (χ4v) is 2.66. The number of carbonyl (C=O) groups excluding carboxylic acids is 2. The summed E-state index contributed by atoms with van der Waals surface area (Å²) in [4.78, 5) is 40.6. The Morgan fingerprint density at radius 1 is 1.33 bits per heavy atom. The maximum atomic E-state index is 12.3. The van der Waals surface area contributed by atoms with Gasteiger partial charge in [0.15, 0.2) is 0 Å². The van der Waals surface area contributed by atoms with Gasteiger partial charge in [-0.3, -0.25) is 14.4 Å². The first-order valence-electron chi connectivity index (χ1n) is 7.51. The van der Waals surface area contributed by atoms with Gasteiger partial charge in [-0.05, 0) is 12.1 Å². The zero-order chi connectivity index (χ0) is 17.1. The molecule has 0 bridgehead atoms. The predicted molar refractivity (Wildman–Crippen MR) is 89.1 cm³/mol. The molecule has 2 heterocycles. The lowest BCUT2D eigenvalue weighted by Crippen LogP contribution is -2.29. The third-order valence-corrected chi connectivity index (χ3v) is 3.94. The molecule has 0 spiro atoms. The minimum Gasteiger partial charge on any atom is -0.497 e. The normalized spacial score (nSPS) is 17.0. The van der Waals surface area contributed by atoms with Crippen LogP contribution in [-0.2, 0) is 9.59 Å². The number of aromatic nitrogens is 1. The van der Waals surface area contributed by atoms with E-state index in [-0.39, 0.29) is 35.9 Å². The molecule has 7 nitrogen and oxygen atoms in total. The minimum atomic E-state index is -0.511. The number of pyridine rings is 1. The van der Waals surface area contributed by atoms with Gasteiger partial charge in [0.05, 0.1) is 13.0 Å². The number of hydrogen-bond donors (Lipinski definition) is 2. The molecule has 0 saturated carbocycles. The zero-order valence-corrected chi connectivity index (χ0v) is 13.1. The van der Waals surface area contributed by atoms with Gasteiger partial charge in [-0.25, -0.2) is 0 Å². The van der Waals surface area contributed by atoms with Gasteiger partial charge in [0.1, 0.15) is 11.4 Å². The first-order valence-corrected chi connectivity index (χ1v) is 7.51. The number of ether oxygens (including phenoxy) is 1. The molecule has 3 rings (SSSR count). The molecule has 1 fully saturated rings. The Hall–Kier alpha value is -3.09. The van der Waals surface area contributed by atoms with Gasteiger partial charge < -0.3 is 19.9 Å². The smallest absolute Gasteiger partial charge is 0.229 e. The van der Waals surface area contributed by atoms with E-state index in [0.717, 1.165) is 0 Å². The first-order chi connectivity index (χ1) is 11.6. The number of benzene rings is 1. The molecule has 1 atom stereocenters. The van der Waals surface area contributed by atoms with Crippen molar-refractivity contribution in [2.45, 2.75) is 6.42 Å². The molecule has 2 N–H and O–H groups in total. The van der Waals surface area contributed by atoms with Crippen molar-refractivity contribution in [3.63, 3.8) is 0 Å². The van der Waals surface area contributed by atoms with Gasteiger partial charge in [-0.15, -0.1) is 0 Å². The third kappa shape index (κ3) is 3.15. The number of aromatic amines is 1. The fraction of sp³-hybridized carbons (Fsp3) is 0.235. The topological polar surface area (TPSA) is 91.5 Å². The van der Waals surface area contributed by atoms with Crippen molar-refractivity contribution in [3.05, 3.63) is 52.9 Å². The number of amides is 2. The van der Waals surface area contributed by atoms with Crippen LogP contribution < -0.4 is 20.4 Å². The maximum absolute atomic E-state index is 12.3. The van der Waals surface area contributed by atoms with Crippen LogP contribution in [0.3, 0.4) is 0 Å². The standard InChI is InChI=1S/C17H17N3O4/c1-24-13-4-2-3-12(8-13)20-10-11(7-16(20)22)17(23)19-14-9-18-6-5-15(14)21/h2-6,8-9,11H,7,10H2,1H3,(H,18,21)(H,19,23). The molecule has 7 heteroatoms. The Bertz CT molecular complexity index is 830. The summed E-state index contributed by atoms with van der Waals surface area (Å²) >= 11 is 0. The lowest BCUT2D eigenvalue weighted by atomic mass is 10.1. The lowest BCUT2D eigenvalue weighted by molar-refractivity contribution is -0.122. The molecule has 1 aromatic heterocycles. The van der Waals surface area contributed by atoms with Crippen molar-refractivity contribution in [1.29, 1.82) is 0 Å². The van der Waals surface area contributed by atoms with Crippen molar-refractivity contribution in [2.75, 3.05) is 23.9 Å². The highest BCUT2D eigenvalue weighted by Gasteiger charge is 2.35. The van der Waals surface area contributed by atoms with Crippen molar-refractivity contribution >= 4 is 23.2 Å². The van der Waals surface area contributed by atoms with E-state index in [1.165, 1.54) is 18.5 Å². The highest BCUT2D eigenvalue weighted by Crippen LogP contribution is 2.28. The van der Waals surface area contributed by atoms with Crippen molar-refractivity contribution in [1.82, 2.24) is 4.98 Å². The van der Waals surface area contributed by atoms with E-state index >= 15 is 0 Å². The van der Waals surface area contributed by atoms with Crippen LogP contribution >= 0.6 is 0 Å². The number of nitrogens with zero attached hydrogens (tertiary/aromatic N) is 1. The second-order valence-electron chi connectivity index (χ2n) is 5.52. The minimum absolute atomic E-state index is 0.105. The lowest BCUT2D eigenvalue weighted by Gasteiger charge is -2.17. The molecule has 1 aromatic carbocycles. The van der Waals surface area contributed by atoms with Crippen LogP contribution in [0.4, 0.5) is 11.4 Å². The summed E-state index contributed by atoms with van der Waals surface area (Å²) in [7, 11) is 1.55. The Labute approximate surface area is 138 Å². The molecule has 2 aromatic rings. The van der Waals surface area contributed by atoms with Gasteiger partial charge in [0, 0.05) is 43.2 Å². The summed E-state index contributed by atoms with van der Waals surface area (Å²) in [6, 6.07) is 8.45. The number of nitrogens with one attached hydrogen (secondary N) is 2. The zero-order valence-electron chi connectivity index (χ0n) is 13.1. The molecule has 1 saturated heterocycles. The summed E-state index contributed by atoms with van der Waals surface area (Å²) in [5, 5.41) is 2.58. The highest BCUT2D eigenvalue weighted by molar-refractivity contribution is 6.03. The Morgan fingerprint density at radius 3 is 2.92 bits per heavy atom. The van der Waals surface area contributed by atoms with Crippen LogP contribution in [0.1, 0.15) is 6.42 Å². The molecule has 24 heavy (non-hydrogen) atoms. The van der Waals surface area contributed by atoms with Gasteiger partial charge in [0.25, 0.3) is 0 Å². The van der Waals surface area contributed by atoms with Crippen LogP contribution in [0.2, 0.25) is 0 Å². The van der Waals surface area contributed by atoms with Crippen LogP contribution in [-0.4, -0.2) is 30.5 Å². The second-order valence-corrected chi connectivity index (χ2v) is 5.52. The summed E-state index contributed by atoms with van der Waals surface area (Å²) in [5.74, 6) is -0.344. The van der Waals surface area contributed by atoms with E-state index in [0.29, 0.717) is 11.4 Å². The predicted octanol–water partition coefficient (Wildman–Crippen LogP) is 1.38. The molecular weight excluding hydrogens is 310 g/mol. The van der Waals surface area contributed by atoms with Crippen molar-refractivity contribution in [3.8, 4) is 5.75 Å². The molecular formula is C17H17N3O4. The Morgan fingerprint density at radius 2 is 2.17 bits per heavy atom. The number of anilines is 2. The summed E-state index contributed by atoms with van der Waals surface area (Å²) < 4.78 is 5.16. The summed E-state index contributed by atoms with van der Waals surface area (Å²) in [6.45, 7) is 0.266. The summed E-state index contributed by atoms with van der Waals surface area (Å²) in [6.07, 6.45) is 3.02. The fourth-order valence-electron chi connectivity index (χ4n) is 2.66. The van der Waals surface area contributed by atoms with E-state index in [1.807, 2.05) is 0 Å². The SMILES string of the molecule is COc1cccc(N2CC(C(=O)Nc3c[nH]ccc3=O)CC2=O)c1. The number of carbonyl (C=O) groups is 2. The van der Waals surface area contributed by atoms with Gasteiger partial charge in [-0.1, -0.05) is 6.07 Å². The second kappa shape index (κ2) is 6.57. The maximum Gasteiger partial charge on any atom is 0.229 e. The molecule has 1 unspecified atom stereocenters. The van der Waals surface area contributed by atoms with Crippen molar-refractivity contribution in [2.24, 2.45) is 5.92 Å². The van der Waals surface area contributed by atoms with E-state index < -0.39 is 5.92 Å². The highest BCUT2D eigenvalue weighted by atomic mass is 16.5. The van der Waals surface area contributed by atoms with E-state index in [2.05, 4.69) is 10.3 Å². The van der Waals surface area contributed by atoms with Crippen LogP contribution in [0.25, 0.3) is 0 Å².